The molecule has 0 atom stereocenters. The molecular weight excluding hydrogens is 258 g/mol. The maximum absolute atomic E-state index is 11.8. The first kappa shape index (κ1) is 14.2. The van der Waals surface area contributed by atoms with Crippen LogP contribution in [0.15, 0.2) is 12.1 Å². The number of anilines is 1. The summed E-state index contributed by atoms with van der Waals surface area (Å²) < 4.78 is 0. The lowest BCUT2D eigenvalue weighted by atomic mass is 10.1. The summed E-state index contributed by atoms with van der Waals surface area (Å²) in [7, 11) is 1.53. The molecule has 0 aromatic heterocycles. The number of nitro benzene ring substituents is 1. The molecule has 0 aliphatic rings. The smallest absolute Gasteiger partial charge is 0.294 e. The third kappa shape index (κ3) is 3.10. The summed E-state index contributed by atoms with van der Waals surface area (Å²) in [5.41, 5.74) is 0.140. The Balaban J connectivity index is 3.24. The minimum Gasteiger partial charge on any atom is -0.381 e. The number of hydrogen-bond donors (Lipinski definition) is 2. The summed E-state index contributed by atoms with van der Waals surface area (Å²) in [6, 6.07) is 2.55. The van der Waals surface area contributed by atoms with Gasteiger partial charge < -0.3 is 10.6 Å². The van der Waals surface area contributed by atoms with Crippen molar-refractivity contribution < 1.29 is 9.72 Å². The van der Waals surface area contributed by atoms with E-state index in [4.69, 9.17) is 11.6 Å². The molecule has 2 N–H and O–H groups in total. The Morgan fingerprint density at radius 1 is 1.44 bits per heavy atom. The Morgan fingerprint density at radius 2 is 2.06 bits per heavy atom. The summed E-state index contributed by atoms with van der Waals surface area (Å²) in [5, 5.41) is 16.3. The van der Waals surface area contributed by atoms with Crippen molar-refractivity contribution in [3.05, 3.63) is 32.8 Å². The van der Waals surface area contributed by atoms with Gasteiger partial charge in [-0.05, 0) is 19.9 Å². The van der Waals surface area contributed by atoms with Crippen LogP contribution in [0.3, 0.4) is 0 Å². The molecule has 0 unspecified atom stereocenters. The van der Waals surface area contributed by atoms with E-state index in [1.807, 2.05) is 0 Å². The lowest BCUT2D eigenvalue weighted by Crippen LogP contribution is -2.30. The van der Waals surface area contributed by atoms with Gasteiger partial charge in [0.15, 0.2) is 0 Å². The first-order valence-corrected chi connectivity index (χ1v) is 5.71. The number of nitrogens with one attached hydrogen (secondary N) is 2. The molecule has 0 heterocycles. The maximum Gasteiger partial charge on any atom is 0.294 e. The van der Waals surface area contributed by atoms with E-state index in [0.29, 0.717) is 0 Å². The average Bonchev–Trinajstić information content (AvgIpc) is 2.26. The number of benzene rings is 1. The highest BCUT2D eigenvalue weighted by Gasteiger charge is 2.20. The first-order chi connectivity index (χ1) is 8.36. The van der Waals surface area contributed by atoms with E-state index < -0.39 is 10.8 Å². The number of rotatable bonds is 4. The van der Waals surface area contributed by atoms with Crippen LogP contribution < -0.4 is 10.6 Å². The molecule has 0 fully saturated rings. The van der Waals surface area contributed by atoms with Crippen LogP contribution in [-0.4, -0.2) is 23.9 Å². The highest BCUT2D eigenvalue weighted by Crippen LogP contribution is 2.33. The van der Waals surface area contributed by atoms with Crippen molar-refractivity contribution in [1.82, 2.24) is 5.32 Å². The van der Waals surface area contributed by atoms with Gasteiger partial charge in [-0.3, -0.25) is 14.9 Å². The number of hydrogen-bond acceptors (Lipinski definition) is 4. The van der Waals surface area contributed by atoms with E-state index >= 15 is 0 Å². The van der Waals surface area contributed by atoms with Crippen LogP contribution in [-0.2, 0) is 0 Å². The molecule has 0 saturated heterocycles. The number of carbonyl (C=O) groups excluding carboxylic acids is 1. The molecule has 0 aliphatic carbocycles. The molecule has 18 heavy (non-hydrogen) atoms. The third-order valence-corrected chi connectivity index (χ3v) is 2.50. The second-order valence-electron chi connectivity index (χ2n) is 3.99. The van der Waals surface area contributed by atoms with Crippen molar-refractivity contribution in [2.45, 2.75) is 19.9 Å². The Kier molecular flexibility index (Phi) is 4.49. The quantitative estimate of drug-likeness (QED) is 0.651. The van der Waals surface area contributed by atoms with Gasteiger partial charge in [0.1, 0.15) is 5.69 Å². The molecule has 0 radical (unpaired) electrons. The zero-order valence-electron chi connectivity index (χ0n) is 10.3. The van der Waals surface area contributed by atoms with Gasteiger partial charge in [0.25, 0.3) is 11.6 Å². The fourth-order valence-corrected chi connectivity index (χ4v) is 1.77. The maximum atomic E-state index is 11.8. The predicted octanol–water partition coefficient (Wildman–Crippen LogP) is 2.43. The number of halogens is 1. The van der Waals surface area contributed by atoms with E-state index in [0.717, 1.165) is 0 Å². The van der Waals surface area contributed by atoms with Crippen molar-refractivity contribution in [2.75, 3.05) is 12.4 Å². The van der Waals surface area contributed by atoms with Gasteiger partial charge in [-0.2, -0.15) is 0 Å². The van der Waals surface area contributed by atoms with E-state index in [2.05, 4.69) is 10.6 Å². The SMILES string of the molecule is CNc1c(Cl)cc(C(=O)NC(C)C)cc1[N+](=O)[O-]. The summed E-state index contributed by atoms with van der Waals surface area (Å²) in [4.78, 5) is 22.1. The molecule has 1 rings (SSSR count). The van der Waals surface area contributed by atoms with Crippen molar-refractivity contribution in [3.8, 4) is 0 Å². The Labute approximate surface area is 109 Å². The van der Waals surface area contributed by atoms with Crippen molar-refractivity contribution in [3.63, 3.8) is 0 Å². The van der Waals surface area contributed by atoms with Crippen molar-refractivity contribution in [1.29, 1.82) is 0 Å². The second kappa shape index (κ2) is 5.68. The molecule has 0 bridgehead atoms. The third-order valence-electron chi connectivity index (χ3n) is 2.20. The fraction of sp³-hybridized carbons (Fsp3) is 0.364. The number of nitro groups is 1. The van der Waals surface area contributed by atoms with E-state index in [1.54, 1.807) is 13.8 Å². The van der Waals surface area contributed by atoms with Crippen LogP contribution in [0.1, 0.15) is 24.2 Å². The topological polar surface area (TPSA) is 84.3 Å². The molecule has 0 spiro atoms. The molecule has 1 aromatic carbocycles. The Bertz CT molecular complexity index is 489. The number of nitrogens with zero attached hydrogens (tertiary/aromatic N) is 1. The van der Waals surface area contributed by atoms with Gasteiger partial charge in [-0.25, -0.2) is 0 Å². The van der Waals surface area contributed by atoms with Crippen LogP contribution in [0, 0.1) is 10.1 Å². The molecule has 7 heteroatoms. The normalized spacial score (nSPS) is 10.3. The predicted molar refractivity (Wildman–Crippen MR) is 70.3 cm³/mol. The summed E-state index contributed by atoms with van der Waals surface area (Å²) in [6.07, 6.45) is 0. The lowest BCUT2D eigenvalue weighted by molar-refractivity contribution is -0.383. The van der Waals surface area contributed by atoms with Gasteiger partial charge in [0.05, 0.1) is 9.95 Å². The van der Waals surface area contributed by atoms with Crippen LogP contribution in [0.2, 0.25) is 5.02 Å². The summed E-state index contributed by atoms with van der Waals surface area (Å²) in [6.45, 7) is 3.60. The second-order valence-corrected chi connectivity index (χ2v) is 4.39. The van der Waals surface area contributed by atoms with Crippen molar-refractivity contribution in [2.24, 2.45) is 0 Å². The molecule has 98 valence electrons. The standard InChI is InChI=1S/C11H14ClN3O3/c1-6(2)14-11(16)7-4-8(12)10(13-3)9(5-7)15(17)18/h4-6,13H,1-3H3,(H,14,16). The van der Waals surface area contributed by atoms with E-state index in [9.17, 15) is 14.9 Å². The van der Waals surface area contributed by atoms with Crippen LogP contribution in [0.25, 0.3) is 0 Å². The number of amides is 1. The Hall–Kier alpha value is -1.82. The van der Waals surface area contributed by atoms with E-state index in [-0.39, 0.29) is 28.0 Å². The van der Waals surface area contributed by atoms with Gasteiger partial charge in [-0.1, -0.05) is 11.6 Å². The van der Waals surface area contributed by atoms with Gasteiger partial charge in [0.2, 0.25) is 0 Å². The lowest BCUT2D eigenvalue weighted by Gasteiger charge is -2.10. The first-order valence-electron chi connectivity index (χ1n) is 5.33. The highest BCUT2D eigenvalue weighted by molar-refractivity contribution is 6.34. The molecule has 1 aromatic rings. The molecule has 0 saturated carbocycles. The molecule has 1 amide bonds. The summed E-state index contributed by atoms with van der Waals surface area (Å²) in [5.74, 6) is -0.391. The average molecular weight is 272 g/mol. The molecule has 0 aliphatic heterocycles. The zero-order chi connectivity index (χ0) is 13.9. The minimum atomic E-state index is -0.579. The Morgan fingerprint density at radius 3 is 2.50 bits per heavy atom. The highest BCUT2D eigenvalue weighted by atomic mass is 35.5. The largest absolute Gasteiger partial charge is 0.381 e. The minimum absolute atomic E-state index is 0.0562. The van der Waals surface area contributed by atoms with Gasteiger partial charge in [-0.15, -0.1) is 0 Å². The summed E-state index contributed by atoms with van der Waals surface area (Å²) >= 11 is 5.91. The zero-order valence-corrected chi connectivity index (χ0v) is 11.0. The number of carbonyl (C=O) groups is 1. The van der Waals surface area contributed by atoms with Crippen LogP contribution in [0.4, 0.5) is 11.4 Å². The van der Waals surface area contributed by atoms with Gasteiger partial charge >= 0.3 is 0 Å². The fourth-order valence-electron chi connectivity index (χ4n) is 1.46. The van der Waals surface area contributed by atoms with Crippen LogP contribution >= 0.6 is 11.6 Å². The van der Waals surface area contributed by atoms with E-state index in [1.165, 1.54) is 19.2 Å². The van der Waals surface area contributed by atoms with Gasteiger partial charge in [0, 0.05) is 24.7 Å². The van der Waals surface area contributed by atoms with Crippen LogP contribution in [0.5, 0.6) is 0 Å². The molecule has 6 nitrogen and oxygen atoms in total. The molecular formula is C11H14ClN3O3. The van der Waals surface area contributed by atoms with Crippen molar-refractivity contribution >= 4 is 28.9 Å². The monoisotopic (exact) mass is 271 g/mol.